The third-order valence-electron chi connectivity index (χ3n) is 4.29. The molecule has 24 heavy (non-hydrogen) atoms. The van der Waals surface area contributed by atoms with Crippen molar-refractivity contribution in [2.24, 2.45) is 5.73 Å². The van der Waals surface area contributed by atoms with Gasteiger partial charge < -0.3 is 15.5 Å². The van der Waals surface area contributed by atoms with Crippen LogP contribution in [0.1, 0.15) is 35.0 Å². The van der Waals surface area contributed by atoms with Crippen molar-refractivity contribution < 1.29 is 4.74 Å². The van der Waals surface area contributed by atoms with Gasteiger partial charge in [0.05, 0.1) is 29.8 Å². The molecule has 1 aromatic heterocycles. The fraction of sp³-hybridized carbons (Fsp3) is 0.263. The van der Waals surface area contributed by atoms with Gasteiger partial charge in [0.2, 0.25) is 0 Å². The molecule has 0 aliphatic heterocycles. The van der Waals surface area contributed by atoms with E-state index in [1.807, 2.05) is 32.9 Å². The number of nitrogens with one attached hydrogen (secondary N) is 1. The zero-order valence-corrected chi connectivity index (χ0v) is 14.3. The Morgan fingerprint density at radius 3 is 2.67 bits per heavy atom. The number of benzene rings is 2. The van der Waals surface area contributed by atoms with Crippen LogP contribution >= 0.6 is 0 Å². The number of aromatic nitrogens is 2. The van der Waals surface area contributed by atoms with Crippen LogP contribution in [0.25, 0.3) is 11.0 Å². The minimum atomic E-state index is -0.852. The summed E-state index contributed by atoms with van der Waals surface area (Å²) in [6, 6.07) is 11.5. The molecule has 0 fully saturated rings. The molecule has 1 heterocycles. The molecule has 3 rings (SSSR count). The molecule has 3 N–H and O–H groups in total. The van der Waals surface area contributed by atoms with E-state index in [1.165, 1.54) is 0 Å². The van der Waals surface area contributed by atoms with Crippen LogP contribution < -0.4 is 10.5 Å². The third-order valence-corrected chi connectivity index (χ3v) is 4.29. The molecule has 0 saturated heterocycles. The summed E-state index contributed by atoms with van der Waals surface area (Å²) in [7, 11) is 1.64. The fourth-order valence-electron chi connectivity index (χ4n) is 3.20. The van der Waals surface area contributed by atoms with Crippen molar-refractivity contribution in [2.45, 2.75) is 26.3 Å². The number of nitrogens with zero attached hydrogens (tertiary/aromatic N) is 2. The Kier molecular flexibility index (Phi) is 3.78. The molecule has 5 nitrogen and oxygen atoms in total. The number of ether oxygens (including phenoxy) is 1. The molecule has 0 saturated carbocycles. The first-order chi connectivity index (χ1) is 11.4. The van der Waals surface area contributed by atoms with E-state index in [4.69, 9.17) is 15.7 Å². The lowest BCUT2D eigenvalue weighted by Crippen LogP contribution is -2.37. The van der Waals surface area contributed by atoms with Crippen LogP contribution in [0.3, 0.4) is 0 Å². The number of hydrogen-bond acceptors (Lipinski definition) is 4. The molecule has 0 spiro atoms. The maximum atomic E-state index is 9.05. The monoisotopic (exact) mass is 320 g/mol. The normalized spacial score (nSPS) is 13.5. The molecule has 0 aliphatic carbocycles. The molecule has 0 aliphatic rings. The second-order valence-corrected chi connectivity index (χ2v) is 6.29. The maximum Gasteiger partial charge on any atom is 0.131 e. The minimum Gasteiger partial charge on any atom is -0.496 e. The molecule has 2 aromatic carbocycles. The molecular weight excluding hydrogens is 300 g/mol. The van der Waals surface area contributed by atoms with Crippen molar-refractivity contribution in [1.82, 2.24) is 9.97 Å². The summed E-state index contributed by atoms with van der Waals surface area (Å²) < 4.78 is 5.56. The van der Waals surface area contributed by atoms with Crippen LogP contribution in [-0.4, -0.2) is 17.1 Å². The van der Waals surface area contributed by atoms with E-state index in [9.17, 15) is 0 Å². The molecule has 1 atom stereocenters. The Balaban J connectivity index is 2.20. The van der Waals surface area contributed by atoms with Crippen LogP contribution in [0.4, 0.5) is 0 Å². The summed E-state index contributed by atoms with van der Waals surface area (Å²) >= 11 is 0. The van der Waals surface area contributed by atoms with E-state index in [-0.39, 0.29) is 0 Å². The number of fused-ring (bicyclic) bond motifs is 1. The molecule has 0 bridgehead atoms. The summed E-state index contributed by atoms with van der Waals surface area (Å²) in [4.78, 5) is 7.89. The number of aryl methyl sites for hydroxylation is 2. The van der Waals surface area contributed by atoms with Gasteiger partial charge in [-0.3, -0.25) is 0 Å². The molecular formula is C19H20N4O. The van der Waals surface area contributed by atoms with Gasteiger partial charge in [-0.1, -0.05) is 6.07 Å². The predicted octanol–water partition coefficient (Wildman–Crippen LogP) is 3.28. The van der Waals surface area contributed by atoms with Crippen molar-refractivity contribution in [1.29, 1.82) is 5.26 Å². The number of nitrogens with two attached hydrogens (primary N) is 1. The first-order valence-electron chi connectivity index (χ1n) is 7.71. The van der Waals surface area contributed by atoms with Gasteiger partial charge in [0.25, 0.3) is 0 Å². The Morgan fingerprint density at radius 2 is 2.00 bits per heavy atom. The second-order valence-electron chi connectivity index (χ2n) is 6.29. The minimum absolute atomic E-state index is 0.584. The highest BCUT2D eigenvalue weighted by atomic mass is 16.5. The number of imidazole rings is 1. The lowest BCUT2D eigenvalue weighted by molar-refractivity contribution is 0.395. The van der Waals surface area contributed by atoms with E-state index in [2.05, 4.69) is 22.1 Å². The Morgan fingerprint density at radius 1 is 1.25 bits per heavy atom. The van der Waals surface area contributed by atoms with Crippen LogP contribution in [0.5, 0.6) is 5.75 Å². The van der Waals surface area contributed by atoms with Crippen molar-refractivity contribution >= 4 is 11.0 Å². The predicted molar refractivity (Wildman–Crippen MR) is 93.9 cm³/mol. The quantitative estimate of drug-likeness (QED) is 0.775. The first-order valence-corrected chi connectivity index (χ1v) is 7.71. The number of H-pyrrole nitrogens is 1. The van der Waals surface area contributed by atoms with Crippen LogP contribution in [0.2, 0.25) is 0 Å². The Labute approximate surface area is 141 Å². The van der Waals surface area contributed by atoms with Crippen LogP contribution in [0, 0.1) is 25.2 Å². The Hall–Kier alpha value is -2.84. The van der Waals surface area contributed by atoms with Crippen molar-refractivity contribution in [3.63, 3.8) is 0 Å². The number of nitriles is 1. The van der Waals surface area contributed by atoms with Gasteiger partial charge in [-0.05, 0) is 56.2 Å². The lowest BCUT2D eigenvalue weighted by Gasteiger charge is -2.27. The standard InChI is InChI=1S/C19H20N4O/c1-11-7-12(2)17(16(8-11)24-4)19(3,21)18-22-14-6-5-13(10-20)9-15(14)23-18/h5-9H,21H2,1-4H3,(H,22,23). The van der Waals surface area contributed by atoms with E-state index < -0.39 is 5.54 Å². The number of hydrogen-bond donors (Lipinski definition) is 2. The summed E-state index contributed by atoms with van der Waals surface area (Å²) in [6.45, 7) is 5.96. The zero-order chi connectivity index (χ0) is 17.5. The van der Waals surface area contributed by atoms with Crippen LogP contribution in [-0.2, 0) is 5.54 Å². The maximum absolute atomic E-state index is 9.05. The van der Waals surface area contributed by atoms with Crippen LogP contribution in [0.15, 0.2) is 30.3 Å². The lowest BCUT2D eigenvalue weighted by atomic mass is 9.87. The molecule has 0 radical (unpaired) electrons. The highest BCUT2D eigenvalue weighted by Crippen LogP contribution is 2.36. The molecule has 0 amide bonds. The topological polar surface area (TPSA) is 87.7 Å². The average molecular weight is 320 g/mol. The summed E-state index contributed by atoms with van der Waals surface area (Å²) in [5.41, 5.74) is 11.1. The smallest absolute Gasteiger partial charge is 0.131 e. The van der Waals surface area contributed by atoms with E-state index in [0.717, 1.165) is 33.5 Å². The van der Waals surface area contributed by atoms with Crippen molar-refractivity contribution in [3.05, 3.63) is 58.4 Å². The van der Waals surface area contributed by atoms with E-state index in [1.54, 1.807) is 19.2 Å². The highest BCUT2D eigenvalue weighted by molar-refractivity contribution is 5.77. The largest absolute Gasteiger partial charge is 0.496 e. The molecule has 1 unspecified atom stereocenters. The summed E-state index contributed by atoms with van der Waals surface area (Å²) in [5, 5.41) is 9.05. The SMILES string of the molecule is COc1cc(C)cc(C)c1C(C)(N)c1nc2ccc(C#N)cc2[nH]1. The second kappa shape index (κ2) is 5.66. The number of methoxy groups -OCH3 is 1. The van der Waals surface area contributed by atoms with Gasteiger partial charge in [0, 0.05) is 5.56 Å². The van der Waals surface area contributed by atoms with Crippen molar-refractivity contribution in [3.8, 4) is 11.8 Å². The van der Waals surface area contributed by atoms with Crippen molar-refractivity contribution in [2.75, 3.05) is 7.11 Å². The molecule has 3 aromatic rings. The number of rotatable bonds is 3. The van der Waals surface area contributed by atoms with E-state index >= 15 is 0 Å². The third kappa shape index (κ3) is 2.51. The van der Waals surface area contributed by atoms with Gasteiger partial charge in [0.15, 0.2) is 0 Å². The van der Waals surface area contributed by atoms with Gasteiger partial charge in [-0.2, -0.15) is 5.26 Å². The Bertz CT molecular complexity index is 963. The van der Waals surface area contributed by atoms with Gasteiger partial charge in [-0.25, -0.2) is 4.98 Å². The highest BCUT2D eigenvalue weighted by Gasteiger charge is 2.32. The van der Waals surface area contributed by atoms with E-state index in [0.29, 0.717) is 11.4 Å². The van der Waals surface area contributed by atoms with Gasteiger partial charge in [-0.15, -0.1) is 0 Å². The molecule has 122 valence electrons. The number of aromatic amines is 1. The van der Waals surface area contributed by atoms with Gasteiger partial charge in [0.1, 0.15) is 17.1 Å². The van der Waals surface area contributed by atoms with Gasteiger partial charge >= 0.3 is 0 Å². The molecule has 5 heteroatoms. The zero-order valence-electron chi connectivity index (χ0n) is 14.3. The summed E-state index contributed by atoms with van der Waals surface area (Å²) in [5.74, 6) is 1.38. The fourth-order valence-corrected chi connectivity index (χ4v) is 3.20. The average Bonchev–Trinajstić information content (AvgIpc) is 2.97. The summed E-state index contributed by atoms with van der Waals surface area (Å²) in [6.07, 6.45) is 0. The first kappa shape index (κ1) is 16.0.